The second kappa shape index (κ2) is 4.69. The summed E-state index contributed by atoms with van der Waals surface area (Å²) in [6.45, 7) is 2.73. The Morgan fingerprint density at radius 3 is 2.81 bits per heavy atom. The summed E-state index contributed by atoms with van der Waals surface area (Å²) in [6.07, 6.45) is 0.826. The van der Waals surface area contributed by atoms with E-state index in [0.717, 1.165) is 15.9 Å². The number of aryl methyl sites for hydroxylation is 1. The van der Waals surface area contributed by atoms with Crippen LogP contribution in [0.5, 0.6) is 0 Å². The maximum Gasteiger partial charge on any atom is 0.0726 e. The van der Waals surface area contributed by atoms with Crippen LogP contribution in [0.15, 0.2) is 15.9 Å². The van der Waals surface area contributed by atoms with Crippen LogP contribution in [-0.4, -0.2) is 16.3 Å². The first-order chi connectivity index (χ1) is 7.63. The van der Waals surface area contributed by atoms with Crippen LogP contribution < -0.4 is 5.73 Å². The zero-order chi connectivity index (χ0) is 11.7. The highest BCUT2D eigenvalue weighted by molar-refractivity contribution is 9.11. The normalized spacial score (nSPS) is 11.0. The molecule has 5 heteroatoms. The molecular formula is C11H14BrN3S. The lowest BCUT2D eigenvalue weighted by Gasteiger charge is -1.99. The fourth-order valence-corrected chi connectivity index (χ4v) is 3.26. The highest BCUT2D eigenvalue weighted by Crippen LogP contribution is 2.35. The Kier molecular flexibility index (Phi) is 3.47. The molecule has 86 valence electrons. The molecule has 2 rings (SSSR count). The summed E-state index contributed by atoms with van der Waals surface area (Å²) in [5.74, 6) is 0. The third-order valence-corrected chi connectivity index (χ3v) is 4.25. The topological polar surface area (TPSA) is 43.8 Å². The zero-order valence-electron chi connectivity index (χ0n) is 9.33. The largest absolute Gasteiger partial charge is 0.330 e. The molecule has 3 nitrogen and oxygen atoms in total. The Balaban J connectivity index is 2.53. The minimum atomic E-state index is 0.635. The van der Waals surface area contributed by atoms with Crippen molar-refractivity contribution < 1.29 is 0 Å². The predicted octanol–water partition coefficient (Wildman–Crippen LogP) is 2.72. The molecule has 2 aromatic rings. The molecule has 0 fully saturated rings. The third-order valence-electron chi connectivity index (χ3n) is 2.61. The van der Waals surface area contributed by atoms with E-state index in [9.17, 15) is 0 Å². The summed E-state index contributed by atoms with van der Waals surface area (Å²) in [6, 6.07) is 4.19. The van der Waals surface area contributed by atoms with Gasteiger partial charge in [-0.3, -0.25) is 4.68 Å². The van der Waals surface area contributed by atoms with Gasteiger partial charge in [-0.1, -0.05) is 0 Å². The van der Waals surface area contributed by atoms with Gasteiger partial charge in [0.2, 0.25) is 0 Å². The van der Waals surface area contributed by atoms with Crippen LogP contribution in [0.25, 0.3) is 10.4 Å². The number of thiophene rings is 1. The van der Waals surface area contributed by atoms with E-state index in [-0.39, 0.29) is 0 Å². The summed E-state index contributed by atoms with van der Waals surface area (Å²) in [5.41, 5.74) is 9.14. The molecule has 0 radical (unpaired) electrons. The Labute approximate surface area is 107 Å². The van der Waals surface area contributed by atoms with E-state index in [2.05, 4.69) is 40.1 Å². The number of aromatic nitrogens is 2. The molecular weight excluding hydrogens is 286 g/mol. The number of hydrogen-bond donors (Lipinski definition) is 1. The molecule has 0 saturated carbocycles. The Hall–Kier alpha value is -0.650. The first-order valence-corrected chi connectivity index (χ1v) is 6.72. The molecule has 0 amide bonds. The van der Waals surface area contributed by atoms with Gasteiger partial charge in [-0.05, 0) is 41.5 Å². The number of nitrogens with zero attached hydrogens (tertiary/aromatic N) is 2. The second-order valence-corrected chi connectivity index (χ2v) is 6.14. The van der Waals surface area contributed by atoms with Crippen molar-refractivity contribution in [3.05, 3.63) is 27.3 Å². The Morgan fingerprint density at radius 1 is 1.50 bits per heavy atom. The van der Waals surface area contributed by atoms with Crippen molar-refractivity contribution in [2.75, 3.05) is 6.54 Å². The van der Waals surface area contributed by atoms with E-state index >= 15 is 0 Å². The quantitative estimate of drug-likeness (QED) is 0.947. The van der Waals surface area contributed by atoms with Crippen molar-refractivity contribution in [2.45, 2.75) is 13.3 Å². The zero-order valence-corrected chi connectivity index (χ0v) is 11.7. The first kappa shape index (κ1) is 11.8. The molecule has 2 N–H and O–H groups in total. The van der Waals surface area contributed by atoms with Gasteiger partial charge in [-0.2, -0.15) is 5.10 Å². The molecule has 0 saturated heterocycles. The van der Waals surface area contributed by atoms with Crippen molar-refractivity contribution in [2.24, 2.45) is 12.8 Å². The third kappa shape index (κ3) is 2.07. The first-order valence-electron chi connectivity index (χ1n) is 5.11. The SMILES string of the molecule is Cc1c(-c2ccc(Br)s2)c(CCN)nn1C. The standard InChI is InChI=1S/C11H14BrN3S/c1-7-11(9-3-4-10(12)16-9)8(5-6-13)14-15(7)2/h3-4H,5-6,13H2,1-2H3. The maximum absolute atomic E-state index is 5.62. The van der Waals surface area contributed by atoms with E-state index in [1.807, 2.05) is 11.7 Å². The monoisotopic (exact) mass is 299 g/mol. The van der Waals surface area contributed by atoms with Crippen LogP contribution in [0.4, 0.5) is 0 Å². The predicted molar refractivity (Wildman–Crippen MR) is 71.7 cm³/mol. The molecule has 16 heavy (non-hydrogen) atoms. The molecule has 0 aliphatic carbocycles. The number of halogens is 1. The molecule has 2 heterocycles. The highest BCUT2D eigenvalue weighted by atomic mass is 79.9. The minimum absolute atomic E-state index is 0.635. The molecule has 0 spiro atoms. The minimum Gasteiger partial charge on any atom is -0.330 e. The van der Waals surface area contributed by atoms with Crippen LogP contribution in [0.1, 0.15) is 11.4 Å². The average Bonchev–Trinajstić information content (AvgIpc) is 2.74. The van der Waals surface area contributed by atoms with Crippen molar-refractivity contribution in [3.8, 4) is 10.4 Å². The summed E-state index contributed by atoms with van der Waals surface area (Å²) in [4.78, 5) is 1.25. The van der Waals surface area contributed by atoms with Gasteiger partial charge in [0.15, 0.2) is 0 Å². The van der Waals surface area contributed by atoms with Gasteiger partial charge in [-0.15, -0.1) is 11.3 Å². The second-order valence-electron chi connectivity index (χ2n) is 3.67. The highest BCUT2D eigenvalue weighted by Gasteiger charge is 2.15. The lowest BCUT2D eigenvalue weighted by molar-refractivity contribution is 0.718. The van der Waals surface area contributed by atoms with Crippen molar-refractivity contribution in [1.82, 2.24) is 9.78 Å². The van der Waals surface area contributed by atoms with Crippen molar-refractivity contribution in [3.63, 3.8) is 0 Å². The maximum atomic E-state index is 5.62. The smallest absolute Gasteiger partial charge is 0.0726 e. The van der Waals surface area contributed by atoms with E-state index in [1.165, 1.54) is 16.1 Å². The molecule has 2 aromatic heterocycles. The summed E-state index contributed by atoms with van der Waals surface area (Å²) < 4.78 is 3.07. The molecule has 0 bridgehead atoms. The van der Waals surface area contributed by atoms with Gasteiger partial charge >= 0.3 is 0 Å². The Morgan fingerprint density at radius 2 is 2.25 bits per heavy atom. The van der Waals surface area contributed by atoms with Crippen molar-refractivity contribution >= 4 is 27.3 Å². The molecule has 0 aromatic carbocycles. The number of hydrogen-bond acceptors (Lipinski definition) is 3. The number of rotatable bonds is 3. The van der Waals surface area contributed by atoms with Gasteiger partial charge < -0.3 is 5.73 Å². The van der Waals surface area contributed by atoms with E-state index < -0.39 is 0 Å². The summed E-state index contributed by atoms with van der Waals surface area (Å²) in [7, 11) is 1.97. The van der Waals surface area contributed by atoms with Gasteiger partial charge in [-0.25, -0.2) is 0 Å². The van der Waals surface area contributed by atoms with Crippen LogP contribution in [0.3, 0.4) is 0 Å². The molecule has 0 aliphatic rings. The molecule has 0 aliphatic heterocycles. The Bertz CT molecular complexity index is 501. The van der Waals surface area contributed by atoms with Crippen LogP contribution in [0.2, 0.25) is 0 Å². The van der Waals surface area contributed by atoms with Gasteiger partial charge in [0.25, 0.3) is 0 Å². The summed E-state index contributed by atoms with van der Waals surface area (Å²) in [5, 5.41) is 4.51. The van der Waals surface area contributed by atoms with Crippen LogP contribution in [0, 0.1) is 6.92 Å². The lowest BCUT2D eigenvalue weighted by Crippen LogP contribution is -2.04. The fourth-order valence-electron chi connectivity index (χ4n) is 1.76. The van der Waals surface area contributed by atoms with Crippen LogP contribution >= 0.6 is 27.3 Å². The van der Waals surface area contributed by atoms with Gasteiger partial charge in [0, 0.05) is 29.6 Å². The van der Waals surface area contributed by atoms with Crippen molar-refractivity contribution in [1.29, 1.82) is 0 Å². The summed E-state index contributed by atoms with van der Waals surface area (Å²) >= 11 is 5.22. The van der Waals surface area contributed by atoms with E-state index in [0.29, 0.717) is 6.54 Å². The number of nitrogens with two attached hydrogens (primary N) is 1. The lowest BCUT2D eigenvalue weighted by atomic mass is 10.1. The van der Waals surface area contributed by atoms with Crippen LogP contribution in [-0.2, 0) is 13.5 Å². The van der Waals surface area contributed by atoms with Gasteiger partial charge in [0.05, 0.1) is 9.48 Å². The molecule has 0 atom stereocenters. The average molecular weight is 300 g/mol. The van der Waals surface area contributed by atoms with Gasteiger partial charge in [0.1, 0.15) is 0 Å². The molecule has 0 unspecified atom stereocenters. The van der Waals surface area contributed by atoms with E-state index in [1.54, 1.807) is 11.3 Å². The fraction of sp³-hybridized carbons (Fsp3) is 0.364. The van der Waals surface area contributed by atoms with E-state index in [4.69, 9.17) is 5.73 Å².